The Kier molecular flexibility index (Phi) is 9.64. The highest BCUT2D eigenvalue weighted by Gasteiger charge is 2.20. The van der Waals surface area contributed by atoms with Crippen molar-refractivity contribution in [1.82, 2.24) is 0 Å². The van der Waals surface area contributed by atoms with Gasteiger partial charge in [0, 0.05) is 44.7 Å². The molecule has 0 bridgehead atoms. The average molecular weight is 687 g/mol. The van der Waals surface area contributed by atoms with Gasteiger partial charge in [-0.3, -0.25) is 20.2 Å². The van der Waals surface area contributed by atoms with Crippen LogP contribution in [0.3, 0.4) is 0 Å². The number of fused-ring (bicyclic) bond motifs is 6. The Labute approximate surface area is 290 Å². The van der Waals surface area contributed by atoms with Crippen molar-refractivity contribution in [1.29, 1.82) is 0 Å². The molecule has 12 heteroatoms. The van der Waals surface area contributed by atoms with Crippen LogP contribution in [0.4, 0.5) is 11.4 Å². The van der Waals surface area contributed by atoms with Gasteiger partial charge in [-0.1, -0.05) is 102 Å². The maximum absolute atomic E-state index is 11.4. The fraction of sp³-hybridized carbons (Fsp3) is 0.0526. The van der Waals surface area contributed by atoms with Gasteiger partial charge < -0.3 is 18.9 Å². The molecule has 0 aliphatic heterocycles. The van der Waals surface area contributed by atoms with Gasteiger partial charge in [0.05, 0.1) is 15.4 Å². The third-order valence-corrected chi connectivity index (χ3v) is 8.36. The molecule has 0 fully saturated rings. The summed E-state index contributed by atoms with van der Waals surface area (Å²) >= 11 is 5.58. The van der Waals surface area contributed by atoms with Gasteiger partial charge in [-0.15, -0.1) is 0 Å². The van der Waals surface area contributed by atoms with Gasteiger partial charge in [-0.05, 0) is 43.7 Å². The maximum atomic E-state index is 11.4. The van der Waals surface area contributed by atoms with Crippen LogP contribution in [0.2, 0.25) is 5.02 Å². The van der Waals surface area contributed by atoms with Crippen LogP contribution in [0, 0.1) is 34.1 Å². The van der Waals surface area contributed by atoms with Gasteiger partial charge >= 0.3 is 7.12 Å². The zero-order valence-electron chi connectivity index (χ0n) is 26.7. The Bertz CT molecular complexity index is 2540. The Morgan fingerprint density at radius 3 is 1.66 bits per heavy atom. The number of hydrogen-bond acceptors (Lipinski definition) is 8. The van der Waals surface area contributed by atoms with E-state index < -0.39 is 12.0 Å². The molecule has 2 aromatic heterocycles. The third-order valence-electron chi connectivity index (χ3n) is 8.06. The Balaban J connectivity index is 0.000000139. The van der Waals surface area contributed by atoms with E-state index in [0.29, 0.717) is 22.2 Å². The zero-order chi connectivity index (χ0) is 35.5. The average Bonchev–Trinajstić information content (AvgIpc) is 3.67. The molecule has 2 heterocycles. The lowest BCUT2D eigenvalue weighted by Crippen LogP contribution is -2.29. The largest absolute Gasteiger partial charge is 0.492 e. The molecule has 8 rings (SSSR count). The summed E-state index contributed by atoms with van der Waals surface area (Å²) in [5.74, 6) is 0. The molecular formula is C38H28BClN2O8. The highest BCUT2D eigenvalue weighted by Crippen LogP contribution is 2.39. The SMILES string of the molecule is Cc1ccc([N+](=O)[O-])c(-c2cccc3c2oc2ccccc23)c1.Cc1ccc([N+](=O)[O-])c(Cl)c1.OB(O)c1cccc2c1oc1ccccc12. The van der Waals surface area contributed by atoms with E-state index in [1.165, 1.54) is 6.07 Å². The van der Waals surface area contributed by atoms with E-state index in [4.69, 9.17) is 20.4 Å². The molecule has 0 spiro atoms. The lowest BCUT2D eigenvalue weighted by molar-refractivity contribution is -0.384. The molecule has 0 atom stereocenters. The topological polar surface area (TPSA) is 153 Å². The number of rotatable bonds is 4. The fourth-order valence-electron chi connectivity index (χ4n) is 5.72. The lowest BCUT2D eigenvalue weighted by Gasteiger charge is -2.05. The van der Waals surface area contributed by atoms with Crippen LogP contribution in [0.5, 0.6) is 0 Å². The van der Waals surface area contributed by atoms with Crippen molar-refractivity contribution in [3.8, 4) is 11.1 Å². The minimum atomic E-state index is -1.51. The van der Waals surface area contributed by atoms with Crippen LogP contribution in [-0.4, -0.2) is 27.0 Å². The van der Waals surface area contributed by atoms with Gasteiger partial charge in [0.25, 0.3) is 11.4 Å². The summed E-state index contributed by atoms with van der Waals surface area (Å²) < 4.78 is 11.6. The number of nitrogens with zero attached hydrogens (tertiary/aromatic N) is 2. The van der Waals surface area contributed by atoms with E-state index in [1.54, 1.807) is 36.4 Å². The summed E-state index contributed by atoms with van der Waals surface area (Å²) in [5.41, 5.74) is 6.42. The van der Waals surface area contributed by atoms with Crippen molar-refractivity contribution in [3.63, 3.8) is 0 Å². The van der Waals surface area contributed by atoms with E-state index in [9.17, 15) is 30.3 Å². The van der Waals surface area contributed by atoms with Crippen LogP contribution in [0.15, 0.2) is 130 Å². The molecule has 0 radical (unpaired) electrons. The molecule has 0 saturated carbocycles. The number of hydrogen-bond donors (Lipinski definition) is 2. The fourth-order valence-corrected chi connectivity index (χ4v) is 6.02. The summed E-state index contributed by atoms with van der Waals surface area (Å²) in [4.78, 5) is 20.8. The minimum absolute atomic E-state index is 0.0442. The highest BCUT2D eigenvalue weighted by atomic mass is 35.5. The summed E-state index contributed by atoms with van der Waals surface area (Å²) in [6.45, 7) is 3.75. The molecule has 0 amide bonds. The highest BCUT2D eigenvalue weighted by molar-refractivity contribution is 6.61. The van der Waals surface area contributed by atoms with E-state index in [0.717, 1.165) is 49.4 Å². The monoisotopic (exact) mass is 686 g/mol. The number of halogens is 1. The van der Waals surface area contributed by atoms with Gasteiger partial charge in [0.2, 0.25) is 0 Å². The van der Waals surface area contributed by atoms with E-state index >= 15 is 0 Å². The first-order valence-corrected chi connectivity index (χ1v) is 15.7. The number of aryl methyl sites for hydroxylation is 2. The molecule has 8 aromatic rings. The van der Waals surface area contributed by atoms with Crippen molar-refractivity contribution in [2.24, 2.45) is 0 Å². The Morgan fingerprint density at radius 1 is 0.580 bits per heavy atom. The quantitative estimate of drug-likeness (QED) is 0.106. The Morgan fingerprint density at radius 2 is 1.08 bits per heavy atom. The van der Waals surface area contributed by atoms with Crippen LogP contribution in [-0.2, 0) is 0 Å². The summed E-state index contributed by atoms with van der Waals surface area (Å²) in [6, 6.07) is 36.3. The van der Waals surface area contributed by atoms with Crippen LogP contribution < -0.4 is 5.46 Å². The standard InChI is InChI=1S/C19H13NO3.C12H9BO3.C7H6ClNO2/c1-12-9-10-17(20(21)22)16(11-12)15-7-4-6-14-13-5-2-3-8-18(13)23-19(14)15;14-13(15)10-6-3-5-9-8-4-1-2-7-11(8)16-12(9)10;1-5-2-3-7(9(10)11)6(8)4-5/h2-11H,1H3;1-7,14-15H;2-4H,1H3. The number of para-hydroxylation sites is 4. The smallest absolute Gasteiger partial charge is 0.456 e. The number of furan rings is 2. The molecule has 2 N–H and O–H groups in total. The second-order valence-electron chi connectivity index (χ2n) is 11.5. The second-order valence-corrected chi connectivity index (χ2v) is 11.9. The lowest BCUT2D eigenvalue weighted by atomic mass is 9.79. The van der Waals surface area contributed by atoms with Gasteiger partial charge in [-0.25, -0.2) is 0 Å². The molecule has 6 aromatic carbocycles. The van der Waals surface area contributed by atoms with Crippen LogP contribution in [0.25, 0.3) is 55.0 Å². The van der Waals surface area contributed by atoms with Crippen LogP contribution >= 0.6 is 11.6 Å². The van der Waals surface area contributed by atoms with E-state index in [1.807, 2.05) is 92.7 Å². The van der Waals surface area contributed by atoms with Gasteiger partial charge in [0.15, 0.2) is 0 Å². The molecule has 10 nitrogen and oxygen atoms in total. The maximum Gasteiger partial charge on any atom is 0.492 e. The minimum Gasteiger partial charge on any atom is -0.456 e. The normalized spacial score (nSPS) is 10.8. The second kappa shape index (κ2) is 14.2. The predicted octanol–water partition coefficient (Wildman–Crippen LogP) is 9.29. The molecule has 0 unspecified atom stereocenters. The zero-order valence-corrected chi connectivity index (χ0v) is 27.5. The summed E-state index contributed by atoms with van der Waals surface area (Å²) in [7, 11) is -1.51. The molecular weight excluding hydrogens is 659 g/mol. The number of nitro groups is 2. The van der Waals surface area contributed by atoms with Crippen LogP contribution in [0.1, 0.15) is 11.1 Å². The van der Waals surface area contributed by atoms with Crippen molar-refractivity contribution in [3.05, 3.63) is 158 Å². The third kappa shape index (κ3) is 6.78. The van der Waals surface area contributed by atoms with E-state index in [2.05, 4.69) is 0 Å². The first kappa shape index (κ1) is 33.9. The van der Waals surface area contributed by atoms with Gasteiger partial charge in [-0.2, -0.15) is 0 Å². The Hall–Kier alpha value is -6.01. The number of benzene rings is 6. The summed E-state index contributed by atoms with van der Waals surface area (Å²) in [6.07, 6.45) is 0. The molecule has 50 heavy (non-hydrogen) atoms. The van der Waals surface area contributed by atoms with Gasteiger partial charge in [0.1, 0.15) is 27.4 Å². The molecule has 0 saturated heterocycles. The first-order chi connectivity index (χ1) is 24.0. The molecule has 248 valence electrons. The van der Waals surface area contributed by atoms with Crippen molar-refractivity contribution in [2.75, 3.05) is 0 Å². The number of nitro benzene ring substituents is 2. The van der Waals surface area contributed by atoms with Crippen molar-refractivity contribution < 1.29 is 28.7 Å². The van der Waals surface area contributed by atoms with E-state index in [-0.39, 0.29) is 21.3 Å². The predicted molar refractivity (Wildman–Crippen MR) is 197 cm³/mol. The summed E-state index contributed by atoms with van der Waals surface area (Å²) in [5, 5.41) is 44.2. The van der Waals surface area contributed by atoms with Crippen molar-refractivity contribution >= 4 is 79.4 Å². The molecule has 0 aliphatic rings. The first-order valence-electron chi connectivity index (χ1n) is 15.4. The van der Waals surface area contributed by atoms with Crippen molar-refractivity contribution in [2.45, 2.75) is 13.8 Å². The molecule has 0 aliphatic carbocycles.